The summed E-state index contributed by atoms with van der Waals surface area (Å²) in [6, 6.07) is 5.48. The van der Waals surface area contributed by atoms with Gasteiger partial charge in [-0.25, -0.2) is 0 Å². The molecule has 18 heavy (non-hydrogen) atoms. The molecule has 0 saturated heterocycles. The van der Waals surface area contributed by atoms with Gasteiger partial charge < -0.3 is 15.8 Å². The molecule has 4 nitrogen and oxygen atoms in total. The van der Waals surface area contributed by atoms with E-state index in [1.807, 2.05) is 19.1 Å². The molecule has 1 aromatic carbocycles. The minimum absolute atomic E-state index is 0.0595. The van der Waals surface area contributed by atoms with Crippen LogP contribution in [0.15, 0.2) is 22.7 Å². The number of amides is 1. The summed E-state index contributed by atoms with van der Waals surface area (Å²) in [5.41, 5.74) is 6.27. The first-order chi connectivity index (χ1) is 8.62. The number of methoxy groups -OCH3 is 1. The predicted molar refractivity (Wildman–Crippen MR) is 76.8 cm³/mol. The number of carbonyl (C=O) groups is 1. The number of carbonyl (C=O) groups excluding carboxylic acids is 1. The van der Waals surface area contributed by atoms with E-state index in [9.17, 15) is 4.79 Å². The maximum Gasteiger partial charge on any atom is 0.228 e. The standard InChI is InChI=1S/C13H19BrN2O2/c1-3-4-9(8-15)13(17)16-11-7-10(14)5-6-12(11)18-2/h5-7,9H,3-4,8,15H2,1-2H3,(H,16,17). The molecule has 0 saturated carbocycles. The van der Waals surface area contributed by atoms with E-state index in [0.29, 0.717) is 18.0 Å². The molecule has 1 aromatic rings. The van der Waals surface area contributed by atoms with Crippen molar-refractivity contribution in [3.05, 3.63) is 22.7 Å². The first-order valence-corrected chi connectivity index (χ1v) is 6.76. The summed E-state index contributed by atoms with van der Waals surface area (Å²) < 4.78 is 6.10. The molecule has 0 radical (unpaired) electrons. The van der Waals surface area contributed by atoms with Crippen LogP contribution in [0.3, 0.4) is 0 Å². The minimum atomic E-state index is -0.154. The number of nitrogens with two attached hydrogens (primary N) is 1. The molecule has 0 aliphatic heterocycles. The summed E-state index contributed by atoms with van der Waals surface area (Å²) in [4.78, 5) is 12.1. The zero-order valence-electron chi connectivity index (χ0n) is 10.7. The Balaban J connectivity index is 2.82. The van der Waals surface area contributed by atoms with Crippen LogP contribution in [0.5, 0.6) is 5.75 Å². The van der Waals surface area contributed by atoms with Crippen molar-refractivity contribution in [2.75, 3.05) is 19.0 Å². The van der Waals surface area contributed by atoms with Crippen LogP contribution in [-0.2, 0) is 4.79 Å². The van der Waals surface area contributed by atoms with Gasteiger partial charge in [0.2, 0.25) is 5.91 Å². The summed E-state index contributed by atoms with van der Waals surface area (Å²) >= 11 is 3.37. The third-order valence-electron chi connectivity index (χ3n) is 2.71. The number of benzene rings is 1. The monoisotopic (exact) mass is 314 g/mol. The minimum Gasteiger partial charge on any atom is -0.495 e. The Bertz CT molecular complexity index is 410. The fraction of sp³-hybridized carbons (Fsp3) is 0.462. The summed E-state index contributed by atoms with van der Waals surface area (Å²) in [6.07, 6.45) is 1.73. The SMILES string of the molecule is CCCC(CN)C(=O)Nc1cc(Br)ccc1OC. The van der Waals surface area contributed by atoms with Crippen molar-refractivity contribution in [2.45, 2.75) is 19.8 Å². The molecular weight excluding hydrogens is 296 g/mol. The maximum atomic E-state index is 12.1. The van der Waals surface area contributed by atoms with Gasteiger partial charge in [-0.1, -0.05) is 29.3 Å². The molecule has 3 N–H and O–H groups in total. The van der Waals surface area contributed by atoms with Gasteiger partial charge in [-0.05, 0) is 24.6 Å². The highest BCUT2D eigenvalue weighted by atomic mass is 79.9. The van der Waals surface area contributed by atoms with E-state index in [0.717, 1.165) is 17.3 Å². The van der Waals surface area contributed by atoms with E-state index >= 15 is 0 Å². The van der Waals surface area contributed by atoms with Gasteiger partial charge in [-0.15, -0.1) is 0 Å². The highest BCUT2D eigenvalue weighted by Crippen LogP contribution is 2.28. The zero-order chi connectivity index (χ0) is 13.5. The number of rotatable bonds is 6. The molecule has 0 spiro atoms. The van der Waals surface area contributed by atoms with Crippen LogP contribution in [0, 0.1) is 5.92 Å². The summed E-state index contributed by atoms with van der Waals surface area (Å²) in [7, 11) is 1.57. The lowest BCUT2D eigenvalue weighted by Gasteiger charge is -2.16. The van der Waals surface area contributed by atoms with Gasteiger partial charge in [0.05, 0.1) is 18.7 Å². The van der Waals surface area contributed by atoms with E-state index in [-0.39, 0.29) is 11.8 Å². The van der Waals surface area contributed by atoms with Crippen molar-refractivity contribution in [3.63, 3.8) is 0 Å². The topological polar surface area (TPSA) is 64.4 Å². The van der Waals surface area contributed by atoms with Gasteiger partial charge in [-0.2, -0.15) is 0 Å². The fourth-order valence-corrected chi connectivity index (χ4v) is 2.08. The number of halogens is 1. The summed E-state index contributed by atoms with van der Waals surface area (Å²) in [5.74, 6) is 0.424. The number of nitrogens with one attached hydrogen (secondary N) is 1. The van der Waals surface area contributed by atoms with Crippen molar-refractivity contribution in [1.82, 2.24) is 0 Å². The predicted octanol–water partition coefficient (Wildman–Crippen LogP) is 2.77. The van der Waals surface area contributed by atoms with Crippen LogP contribution < -0.4 is 15.8 Å². The number of anilines is 1. The first-order valence-electron chi connectivity index (χ1n) is 5.96. The van der Waals surface area contributed by atoms with Crippen molar-refractivity contribution >= 4 is 27.5 Å². The Morgan fingerprint density at radius 2 is 2.28 bits per heavy atom. The molecule has 0 bridgehead atoms. The van der Waals surface area contributed by atoms with Crippen LogP contribution in [-0.4, -0.2) is 19.6 Å². The highest BCUT2D eigenvalue weighted by molar-refractivity contribution is 9.10. The Kier molecular flexibility index (Phi) is 6.15. The van der Waals surface area contributed by atoms with E-state index in [4.69, 9.17) is 10.5 Å². The average molecular weight is 315 g/mol. The van der Waals surface area contributed by atoms with E-state index < -0.39 is 0 Å². The van der Waals surface area contributed by atoms with E-state index in [1.165, 1.54) is 0 Å². The Morgan fingerprint density at radius 3 is 2.83 bits per heavy atom. The Morgan fingerprint density at radius 1 is 1.56 bits per heavy atom. The number of hydrogen-bond acceptors (Lipinski definition) is 3. The fourth-order valence-electron chi connectivity index (χ4n) is 1.72. The third kappa shape index (κ3) is 3.99. The second-order valence-electron chi connectivity index (χ2n) is 4.06. The van der Waals surface area contributed by atoms with Crippen LogP contribution >= 0.6 is 15.9 Å². The van der Waals surface area contributed by atoms with Gasteiger partial charge in [0.25, 0.3) is 0 Å². The second kappa shape index (κ2) is 7.38. The van der Waals surface area contributed by atoms with Crippen molar-refractivity contribution in [2.24, 2.45) is 11.7 Å². The Hall–Kier alpha value is -1.07. The second-order valence-corrected chi connectivity index (χ2v) is 4.97. The Labute approximate surface area is 116 Å². The van der Waals surface area contributed by atoms with Crippen molar-refractivity contribution in [1.29, 1.82) is 0 Å². The van der Waals surface area contributed by atoms with E-state index in [2.05, 4.69) is 21.2 Å². The smallest absolute Gasteiger partial charge is 0.228 e. The molecule has 0 fully saturated rings. The lowest BCUT2D eigenvalue weighted by Crippen LogP contribution is -2.29. The molecule has 0 aromatic heterocycles. The van der Waals surface area contributed by atoms with Gasteiger partial charge in [-0.3, -0.25) is 4.79 Å². The largest absolute Gasteiger partial charge is 0.495 e. The van der Waals surface area contributed by atoms with Gasteiger partial charge in [0.15, 0.2) is 0 Å². The van der Waals surface area contributed by atoms with Crippen LogP contribution in [0.1, 0.15) is 19.8 Å². The molecule has 1 atom stereocenters. The van der Waals surface area contributed by atoms with Crippen molar-refractivity contribution < 1.29 is 9.53 Å². The number of hydrogen-bond donors (Lipinski definition) is 2. The molecule has 1 amide bonds. The quantitative estimate of drug-likeness (QED) is 0.848. The highest BCUT2D eigenvalue weighted by Gasteiger charge is 2.17. The van der Waals surface area contributed by atoms with Gasteiger partial charge >= 0.3 is 0 Å². The molecule has 0 heterocycles. The normalized spacial score (nSPS) is 12.0. The summed E-state index contributed by atoms with van der Waals surface area (Å²) in [6.45, 7) is 2.39. The molecule has 1 unspecified atom stereocenters. The van der Waals surface area contributed by atoms with Crippen LogP contribution in [0.2, 0.25) is 0 Å². The lowest BCUT2D eigenvalue weighted by atomic mass is 10.0. The maximum absolute atomic E-state index is 12.1. The van der Waals surface area contributed by atoms with Gasteiger partial charge in [0.1, 0.15) is 5.75 Å². The molecule has 0 aliphatic rings. The van der Waals surface area contributed by atoms with Crippen LogP contribution in [0.4, 0.5) is 5.69 Å². The van der Waals surface area contributed by atoms with Crippen molar-refractivity contribution in [3.8, 4) is 5.75 Å². The van der Waals surface area contributed by atoms with Crippen LogP contribution in [0.25, 0.3) is 0 Å². The molecule has 1 rings (SSSR count). The molecule has 5 heteroatoms. The van der Waals surface area contributed by atoms with E-state index in [1.54, 1.807) is 13.2 Å². The lowest BCUT2D eigenvalue weighted by molar-refractivity contribution is -0.119. The summed E-state index contributed by atoms with van der Waals surface area (Å²) in [5, 5.41) is 2.86. The molecular formula is C13H19BrN2O2. The molecule has 100 valence electrons. The zero-order valence-corrected chi connectivity index (χ0v) is 12.3. The number of ether oxygens (including phenoxy) is 1. The molecule has 0 aliphatic carbocycles. The average Bonchev–Trinajstić information content (AvgIpc) is 2.36. The third-order valence-corrected chi connectivity index (χ3v) is 3.21. The van der Waals surface area contributed by atoms with Gasteiger partial charge in [0, 0.05) is 11.0 Å². The first kappa shape index (κ1) is 15.0.